The van der Waals surface area contributed by atoms with Gasteiger partial charge in [-0.15, -0.1) is 0 Å². The van der Waals surface area contributed by atoms with Gasteiger partial charge in [-0.25, -0.2) is 15.4 Å². The van der Waals surface area contributed by atoms with Gasteiger partial charge >= 0.3 is 0 Å². The van der Waals surface area contributed by atoms with Crippen molar-refractivity contribution in [3.8, 4) is 11.3 Å². The van der Waals surface area contributed by atoms with E-state index in [1.165, 1.54) is 0 Å². The van der Waals surface area contributed by atoms with Gasteiger partial charge in [-0.1, -0.05) is 48.5 Å². The third kappa shape index (κ3) is 3.19. The van der Waals surface area contributed by atoms with E-state index in [9.17, 15) is 0 Å². The lowest BCUT2D eigenvalue weighted by atomic mass is 10.1. The molecule has 128 valence electrons. The van der Waals surface area contributed by atoms with Gasteiger partial charge in [-0.3, -0.25) is 0 Å². The molecule has 2 heterocycles. The van der Waals surface area contributed by atoms with E-state index in [1.807, 2.05) is 56.5 Å². The number of hydrogen-bond donors (Lipinski definition) is 2. The maximum Gasteiger partial charge on any atom is 0.243 e. The molecule has 0 atom stereocenters. The fourth-order valence-electron chi connectivity index (χ4n) is 3.06. The van der Waals surface area contributed by atoms with Crippen molar-refractivity contribution in [1.29, 1.82) is 0 Å². The van der Waals surface area contributed by atoms with Crippen molar-refractivity contribution in [2.75, 3.05) is 5.43 Å². The topological polar surface area (TPSA) is 66.0 Å². The number of aromatic nitrogens is 3. The van der Waals surface area contributed by atoms with Gasteiger partial charge in [0.1, 0.15) is 0 Å². The molecular formula is C21H19N5. The number of aromatic amines is 1. The largest absolute Gasteiger partial charge is 0.354 e. The second kappa shape index (κ2) is 6.80. The monoisotopic (exact) mass is 341 g/mol. The molecule has 2 aromatic carbocycles. The van der Waals surface area contributed by atoms with Crippen LogP contribution in [0.5, 0.6) is 0 Å². The molecule has 0 aliphatic rings. The molecule has 5 nitrogen and oxygen atoms in total. The number of hydrogen-bond acceptors (Lipinski definition) is 4. The van der Waals surface area contributed by atoms with E-state index in [-0.39, 0.29) is 0 Å². The van der Waals surface area contributed by atoms with Crippen molar-refractivity contribution < 1.29 is 0 Å². The molecular weight excluding hydrogens is 322 g/mol. The number of nitrogens with zero attached hydrogens (tertiary/aromatic N) is 3. The van der Waals surface area contributed by atoms with Gasteiger partial charge < -0.3 is 4.98 Å². The lowest BCUT2D eigenvalue weighted by Crippen LogP contribution is -2.00. The number of nitrogens with one attached hydrogen (secondary N) is 2. The number of benzene rings is 2. The van der Waals surface area contributed by atoms with Gasteiger partial charge in [0.2, 0.25) is 5.95 Å². The number of fused-ring (bicyclic) bond motifs is 1. The minimum atomic E-state index is 0.500. The molecule has 0 saturated heterocycles. The van der Waals surface area contributed by atoms with Gasteiger partial charge in [0.05, 0.1) is 11.9 Å². The fraction of sp³-hybridized carbons (Fsp3) is 0.0952. The summed E-state index contributed by atoms with van der Waals surface area (Å²) >= 11 is 0. The Balaban J connectivity index is 1.73. The van der Waals surface area contributed by atoms with Crippen LogP contribution in [-0.2, 0) is 0 Å². The summed E-state index contributed by atoms with van der Waals surface area (Å²) in [5, 5.41) is 5.51. The van der Waals surface area contributed by atoms with Crippen molar-refractivity contribution in [2.24, 2.45) is 5.10 Å². The van der Waals surface area contributed by atoms with Gasteiger partial charge in [-0.2, -0.15) is 5.10 Å². The second-order valence-electron chi connectivity index (χ2n) is 6.17. The van der Waals surface area contributed by atoms with Crippen LogP contribution in [0.4, 0.5) is 5.95 Å². The van der Waals surface area contributed by atoms with Gasteiger partial charge in [-0.05, 0) is 31.5 Å². The highest BCUT2D eigenvalue weighted by atomic mass is 15.3. The molecule has 4 rings (SSSR count). The van der Waals surface area contributed by atoms with Crippen LogP contribution >= 0.6 is 0 Å². The maximum atomic E-state index is 4.38. The Bertz CT molecular complexity index is 1060. The Morgan fingerprint density at radius 3 is 2.38 bits per heavy atom. The van der Waals surface area contributed by atoms with Crippen LogP contribution in [0.2, 0.25) is 0 Å². The zero-order chi connectivity index (χ0) is 17.9. The summed E-state index contributed by atoms with van der Waals surface area (Å²) in [5.41, 5.74) is 9.03. The first-order chi connectivity index (χ1) is 12.7. The maximum absolute atomic E-state index is 4.38. The lowest BCUT2D eigenvalue weighted by molar-refractivity contribution is 1.04. The van der Waals surface area contributed by atoms with Crippen molar-refractivity contribution in [3.05, 3.63) is 77.6 Å². The van der Waals surface area contributed by atoms with E-state index in [0.717, 1.165) is 39.1 Å². The van der Waals surface area contributed by atoms with Crippen molar-refractivity contribution in [2.45, 2.75) is 13.8 Å². The second-order valence-corrected chi connectivity index (χ2v) is 6.17. The third-order valence-electron chi connectivity index (χ3n) is 4.15. The van der Waals surface area contributed by atoms with Crippen LogP contribution < -0.4 is 5.43 Å². The average Bonchev–Trinajstić information content (AvgIpc) is 3.01. The van der Waals surface area contributed by atoms with Crippen molar-refractivity contribution >= 4 is 23.1 Å². The SMILES string of the molecule is Cc1cc(C)nc(NN=Cc2c(-c3ccccc3)[nH]c3ccccc23)n1. The van der Waals surface area contributed by atoms with E-state index in [2.05, 4.69) is 49.7 Å². The Labute approximate surface area is 151 Å². The highest BCUT2D eigenvalue weighted by molar-refractivity contribution is 6.05. The minimum absolute atomic E-state index is 0.500. The summed E-state index contributed by atoms with van der Waals surface area (Å²) in [6.07, 6.45) is 1.82. The van der Waals surface area contributed by atoms with Gasteiger partial charge in [0.15, 0.2) is 0 Å². The smallest absolute Gasteiger partial charge is 0.243 e. The summed E-state index contributed by atoms with van der Waals surface area (Å²) in [4.78, 5) is 12.2. The van der Waals surface area contributed by atoms with Crippen LogP contribution in [0.1, 0.15) is 17.0 Å². The number of aryl methyl sites for hydroxylation is 2. The first-order valence-corrected chi connectivity index (χ1v) is 8.48. The predicted octanol–water partition coefficient (Wildman–Crippen LogP) is 4.69. The summed E-state index contributed by atoms with van der Waals surface area (Å²) in [6, 6.07) is 20.4. The Morgan fingerprint density at radius 1 is 0.923 bits per heavy atom. The molecule has 0 bridgehead atoms. The van der Waals surface area contributed by atoms with Crippen LogP contribution in [0.15, 0.2) is 65.8 Å². The molecule has 26 heavy (non-hydrogen) atoms. The number of para-hydroxylation sites is 1. The van der Waals surface area contributed by atoms with E-state index < -0.39 is 0 Å². The van der Waals surface area contributed by atoms with Crippen LogP contribution in [0.3, 0.4) is 0 Å². The number of anilines is 1. The molecule has 0 amide bonds. The van der Waals surface area contributed by atoms with E-state index in [0.29, 0.717) is 5.95 Å². The first kappa shape index (κ1) is 16.0. The number of H-pyrrole nitrogens is 1. The van der Waals surface area contributed by atoms with E-state index in [4.69, 9.17) is 0 Å². The molecule has 0 spiro atoms. The summed E-state index contributed by atoms with van der Waals surface area (Å²) in [6.45, 7) is 3.88. The van der Waals surface area contributed by atoms with Crippen molar-refractivity contribution in [1.82, 2.24) is 15.0 Å². The minimum Gasteiger partial charge on any atom is -0.354 e. The zero-order valence-electron chi connectivity index (χ0n) is 14.7. The third-order valence-corrected chi connectivity index (χ3v) is 4.15. The van der Waals surface area contributed by atoms with Crippen LogP contribution in [-0.4, -0.2) is 21.2 Å². The van der Waals surface area contributed by atoms with Gasteiger partial charge in [0, 0.05) is 27.9 Å². The fourth-order valence-corrected chi connectivity index (χ4v) is 3.06. The molecule has 0 aliphatic carbocycles. The van der Waals surface area contributed by atoms with Crippen LogP contribution in [0.25, 0.3) is 22.2 Å². The molecule has 0 radical (unpaired) electrons. The normalized spacial score (nSPS) is 11.3. The summed E-state index contributed by atoms with van der Waals surface area (Å²) < 4.78 is 0. The Hall–Kier alpha value is -3.47. The standard InChI is InChI=1S/C21H19N5/c1-14-12-15(2)24-21(23-14)26-22-13-18-17-10-6-7-11-19(17)25-20(18)16-8-4-3-5-9-16/h3-13,25H,1-2H3,(H,23,24,26). The molecule has 0 aliphatic heterocycles. The molecule has 4 aromatic rings. The highest BCUT2D eigenvalue weighted by Gasteiger charge is 2.11. The van der Waals surface area contributed by atoms with E-state index in [1.54, 1.807) is 0 Å². The quantitative estimate of drug-likeness (QED) is 0.418. The van der Waals surface area contributed by atoms with Gasteiger partial charge in [0.25, 0.3) is 0 Å². The molecule has 0 fully saturated rings. The Kier molecular flexibility index (Phi) is 4.19. The molecule has 5 heteroatoms. The van der Waals surface area contributed by atoms with E-state index >= 15 is 0 Å². The Morgan fingerprint density at radius 2 is 1.62 bits per heavy atom. The predicted molar refractivity (Wildman–Crippen MR) is 106 cm³/mol. The summed E-state index contributed by atoms with van der Waals surface area (Å²) in [5.74, 6) is 0.500. The molecule has 2 N–H and O–H groups in total. The average molecular weight is 341 g/mol. The molecule has 0 saturated carbocycles. The van der Waals surface area contributed by atoms with Crippen molar-refractivity contribution in [3.63, 3.8) is 0 Å². The first-order valence-electron chi connectivity index (χ1n) is 8.48. The molecule has 2 aromatic heterocycles. The molecule has 0 unspecified atom stereocenters. The lowest BCUT2D eigenvalue weighted by Gasteiger charge is -2.03. The highest BCUT2D eigenvalue weighted by Crippen LogP contribution is 2.28. The number of hydrazone groups is 1. The van der Waals surface area contributed by atoms with Crippen LogP contribution in [0, 0.1) is 13.8 Å². The zero-order valence-corrected chi connectivity index (χ0v) is 14.7. The number of rotatable bonds is 4. The summed E-state index contributed by atoms with van der Waals surface area (Å²) in [7, 11) is 0.